The fraction of sp³-hybridized carbons (Fsp3) is 0.571. The Labute approximate surface area is 66.4 Å². The largest absolute Gasteiger partial charge is 0.383 e. The summed E-state index contributed by atoms with van der Waals surface area (Å²) in [7, 11) is 1.64. The van der Waals surface area contributed by atoms with E-state index in [0.29, 0.717) is 13.2 Å². The van der Waals surface area contributed by atoms with E-state index in [1.807, 2.05) is 0 Å². The van der Waals surface area contributed by atoms with Crippen LogP contribution in [0, 0.1) is 0 Å². The van der Waals surface area contributed by atoms with Gasteiger partial charge in [-0.05, 0) is 6.08 Å². The molecule has 0 aliphatic carbocycles. The lowest BCUT2D eigenvalue weighted by Crippen LogP contribution is -2.19. The monoisotopic (exact) mass is 158 g/mol. The fourth-order valence-electron chi connectivity index (χ4n) is 0.535. The number of methoxy groups -OCH3 is 1. The third-order valence-electron chi connectivity index (χ3n) is 1.03. The number of ether oxygens (including phenoxy) is 1. The number of carbonyl (C=O) groups is 1. The van der Waals surface area contributed by atoms with E-state index in [0.717, 1.165) is 6.54 Å². The van der Waals surface area contributed by atoms with Crippen LogP contribution in [0.5, 0.6) is 0 Å². The zero-order valence-corrected chi connectivity index (χ0v) is 6.67. The van der Waals surface area contributed by atoms with Gasteiger partial charge in [-0.2, -0.15) is 0 Å². The van der Waals surface area contributed by atoms with Crippen molar-refractivity contribution in [3.05, 3.63) is 12.2 Å². The Hall–Kier alpha value is -0.870. The van der Waals surface area contributed by atoms with Gasteiger partial charge in [-0.3, -0.25) is 4.79 Å². The molecule has 0 aromatic carbocycles. The highest BCUT2D eigenvalue weighted by molar-refractivity contribution is 5.85. The summed E-state index contributed by atoms with van der Waals surface area (Å²) in [5.41, 5.74) is 4.86. The summed E-state index contributed by atoms with van der Waals surface area (Å²) in [6.07, 6.45) is 3.01. The highest BCUT2D eigenvalue weighted by Gasteiger charge is 1.83. The first-order valence-corrected chi connectivity index (χ1v) is 3.43. The molecule has 4 heteroatoms. The van der Waals surface area contributed by atoms with Crippen LogP contribution in [0.1, 0.15) is 0 Å². The van der Waals surface area contributed by atoms with Gasteiger partial charge in [0, 0.05) is 20.2 Å². The molecule has 4 nitrogen and oxygen atoms in total. The second-order valence-corrected chi connectivity index (χ2v) is 2.00. The van der Waals surface area contributed by atoms with E-state index in [-0.39, 0.29) is 0 Å². The van der Waals surface area contributed by atoms with Crippen LogP contribution < -0.4 is 11.1 Å². The van der Waals surface area contributed by atoms with Crippen molar-refractivity contribution in [2.45, 2.75) is 0 Å². The lowest BCUT2D eigenvalue weighted by Gasteiger charge is -1.97. The topological polar surface area (TPSA) is 64.3 Å². The third-order valence-corrected chi connectivity index (χ3v) is 1.03. The lowest BCUT2D eigenvalue weighted by molar-refractivity contribution is -0.113. The van der Waals surface area contributed by atoms with Crippen LogP contribution in [0.3, 0.4) is 0 Å². The van der Waals surface area contributed by atoms with Gasteiger partial charge in [0.05, 0.1) is 6.61 Å². The van der Waals surface area contributed by atoms with Crippen LogP contribution in [0.15, 0.2) is 12.2 Å². The van der Waals surface area contributed by atoms with Gasteiger partial charge in [0.2, 0.25) is 5.91 Å². The van der Waals surface area contributed by atoms with Crippen molar-refractivity contribution < 1.29 is 9.53 Å². The summed E-state index contributed by atoms with van der Waals surface area (Å²) in [4.78, 5) is 10.2. The van der Waals surface area contributed by atoms with Gasteiger partial charge >= 0.3 is 0 Å². The summed E-state index contributed by atoms with van der Waals surface area (Å²) in [6, 6.07) is 0. The molecule has 1 amide bonds. The fourth-order valence-corrected chi connectivity index (χ4v) is 0.535. The molecule has 0 aromatic rings. The van der Waals surface area contributed by atoms with Crippen LogP contribution in [0.25, 0.3) is 0 Å². The van der Waals surface area contributed by atoms with E-state index in [1.54, 1.807) is 13.2 Å². The maximum Gasteiger partial charge on any atom is 0.241 e. The zero-order chi connectivity index (χ0) is 8.53. The number of hydrogen-bond donors (Lipinski definition) is 2. The van der Waals surface area contributed by atoms with Gasteiger partial charge in [-0.15, -0.1) is 0 Å². The second-order valence-electron chi connectivity index (χ2n) is 2.00. The molecule has 0 unspecified atom stereocenters. The molecular formula is C7H14N2O2. The molecule has 0 aliphatic heterocycles. The average molecular weight is 158 g/mol. The summed E-state index contributed by atoms with van der Waals surface area (Å²) in [5, 5.41) is 3.02. The Morgan fingerprint density at radius 1 is 1.73 bits per heavy atom. The first-order chi connectivity index (χ1) is 5.27. The second kappa shape index (κ2) is 7.24. The molecule has 0 aromatic heterocycles. The van der Waals surface area contributed by atoms with Crippen LogP contribution in [-0.4, -0.2) is 32.7 Å². The summed E-state index contributed by atoms with van der Waals surface area (Å²) >= 11 is 0. The number of primary amides is 1. The predicted molar refractivity (Wildman–Crippen MR) is 43.1 cm³/mol. The number of carbonyl (C=O) groups excluding carboxylic acids is 1. The molecule has 0 heterocycles. The molecule has 0 radical (unpaired) electrons. The van der Waals surface area contributed by atoms with E-state index in [1.165, 1.54) is 6.08 Å². The van der Waals surface area contributed by atoms with Crippen molar-refractivity contribution in [1.82, 2.24) is 5.32 Å². The van der Waals surface area contributed by atoms with Gasteiger partial charge < -0.3 is 15.8 Å². The van der Waals surface area contributed by atoms with Crippen LogP contribution in [0.2, 0.25) is 0 Å². The van der Waals surface area contributed by atoms with E-state index in [2.05, 4.69) is 5.32 Å². The molecule has 0 spiro atoms. The van der Waals surface area contributed by atoms with E-state index in [4.69, 9.17) is 10.5 Å². The van der Waals surface area contributed by atoms with Crippen molar-refractivity contribution in [2.24, 2.45) is 5.73 Å². The lowest BCUT2D eigenvalue weighted by atomic mass is 10.4. The van der Waals surface area contributed by atoms with Crippen molar-refractivity contribution in [3.8, 4) is 0 Å². The van der Waals surface area contributed by atoms with Crippen molar-refractivity contribution >= 4 is 5.91 Å². The summed E-state index contributed by atoms with van der Waals surface area (Å²) < 4.78 is 4.79. The average Bonchev–Trinajstić information content (AvgIpc) is 1.96. The minimum absolute atomic E-state index is 0.418. The van der Waals surface area contributed by atoms with Crippen molar-refractivity contribution in [3.63, 3.8) is 0 Å². The summed E-state index contributed by atoms with van der Waals surface area (Å²) in [5.74, 6) is -0.418. The molecule has 0 rings (SSSR count). The van der Waals surface area contributed by atoms with Gasteiger partial charge in [0.1, 0.15) is 0 Å². The highest BCUT2D eigenvalue weighted by atomic mass is 16.5. The Bertz CT molecular complexity index is 134. The van der Waals surface area contributed by atoms with Crippen LogP contribution >= 0.6 is 0 Å². The van der Waals surface area contributed by atoms with E-state index >= 15 is 0 Å². The van der Waals surface area contributed by atoms with Crippen LogP contribution in [-0.2, 0) is 9.53 Å². The minimum atomic E-state index is -0.418. The van der Waals surface area contributed by atoms with E-state index < -0.39 is 5.91 Å². The van der Waals surface area contributed by atoms with E-state index in [9.17, 15) is 4.79 Å². The molecule has 64 valence electrons. The number of rotatable bonds is 6. The first kappa shape index (κ1) is 10.1. The Kier molecular flexibility index (Phi) is 6.67. The molecule has 0 saturated heterocycles. The Morgan fingerprint density at radius 2 is 2.45 bits per heavy atom. The van der Waals surface area contributed by atoms with Crippen LogP contribution in [0.4, 0.5) is 0 Å². The molecule has 0 fully saturated rings. The maximum atomic E-state index is 10.2. The van der Waals surface area contributed by atoms with Gasteiger partial charge in [-0.25, -0.2) is 0 Å². The molecule has 11 heavy (non-hydrogen) atoms. The van der Waals surface area contributed by atoms with Gasteiger partial charge in [0.25, 0.3) is 0 Å². The normalized spacial score (nSPS) is 10.6. The Balaban J connectivity index is 3.07. The summed E-state index contributed by atoms with van der Waals surface area (Å²) in [6.45, 7) is 2.09. The number of nitrogens with two attached hydrogens (primary N) is 1. The van der Waals surface area contributed by atoms with Gasteiger partial charge in [-0.1, -0.05) is 6.08 Å². The molecular weight excluding hydrogens is 144 g/mol. The number of amides is 1. The van der Waals surface area contributed by atoms with Crippen molar-refractivity contribution in [2.75, 3.05) is 26.8 Å². The SMILES string of the molecule is COCCNCC=CC(N)=O. The maximum absolute atomic E-state index is 10.2. The van der Waals surface area contributed by atoms with Gasteiger partial charge in [0.15, 0.2) is 0 Å². The smallest absolute Gasteiger partial charge is 0.241 e. The molecule has 0 saturated carbocycles. The molecule has 0 aliphatic rings. The number of hydrogen-bond acceptors (Lipinski definition) is 3. The molecule has 0 bridgehead atoms. The predicted octanol–water partition coefficient (Wildman–Crippen LogP) is -0.736. The third kappa shape index (κ3) is 9.13. The first-order valence-electron chi connectivity index (χ1n) is 3.43. The molecule has 3 N–H and O–H groups in total. The number of nitrogens with one attached hydrogen (secondary N) is 1. The van der Waals surface area contributed by atoms with Crippen molar-refractivity contribution in [1.29, 1.82) is 0 Å². The Morgan fingerprint density at radius 3 is 3.00 bits per heavy atom. The zero-order valence-electron chi connectivity index (χ0n) is 6.67. The molecule has 0 atom stereocenters. The quantitative estimate of drug-likeness (QED) is 0.395. The minimum Gasteiger partial charge on any atom is -0.383 e. The highest BCUT2D eigenvalue weighted by Crippen LogP contribution is 1.69. The standard InChI is InChI=1S/C7H14N2O2/c1-11-6-5-9-4-2-3-7(8)10/h2-3,9H,4-6H2,1H3,(H2,8,10).